The monoisotopic (exact) mass is 301 g/mol. The standard InChI is InChI=1S/C19H27NO2/c1-4-5-15-6-8-17(9-7-15)18(21)12-13-19(22)20(3)14(2)16-10-11-16/h6-9,14,16H,4-5,10-13H2,1-3H3. The Morgan fingerprint density at radius 1 is 1.18 bits per heavy atom. The molecule has 0 radical (unpaired) electrons. The number of rotatable bonds is 8. The van der Waals surface area contributed by atoms with Crippen LogP contribution in [0.15, 0.2) is 24.3 Å². The zero-order valence-electron chi connectivity index (χ0n) is 14.0. The van der Waals surface area contributed by atoms with Crippen LogP contribution in [0.25, 0.3) is 0 Å². The van der Waals surface area contributed by atoms with E-state index in [-0.39, 0.29) is 11.7 Å². The second-order valence-electron chi connectivity index (χ2n) is 6.45. The molecule has 0 heterocycles. The first kappa shape index (κ1) is 16.7. The number of carbonyl (C=O) groups is 2. The van der Waals surface area contributed by atoms with E-state index in [1.54, 1.807) is 0 Å². The van der Waals surface area contributed by atoms with E-state index < -0.39 is 0 Å². The third-order valence-electron chi connectivity index (χ3n) is 4.69. The quantitative estimate of drug-likeness (QED) is 0.684. The van der Waals surface area contributed by atoms with Gasteiger partial charge in [-0.3, -0.25) is 9.59 Å². The summed E-state index contributed by atoms with van der Waals surface area (Å²) in [5.41, 5.74) is 1.97. The second kappa shape index (κ2) is 7.57. The van der Waals surface area contributed by atoms with Crippen molar-refractivity contribution in [2.75, 3.05) is 7.05 Å². The number of ketones is 1. The predicted molar refractivity (Wildman–Crippen MR) is 89.0 cm³/mol. The molecule has 0 aromatic heterocycles. The first-order valence-corrected chi connectivity index (χ1v) is 8.40. The molecule has 0 saturated heterocycles. The summed E-state index contributed by atoms with van der Waals surface area (Å²) in [6.45, 7) is 4.24. The lowest BCUT2D eigenvalue weighted by molar-refractivity contribution is -0.132. The van der Waals surface area contributed by atoms with Gasteiger partial charge in [0.2, 0.25) is 5.91 Å². The molecule has 1 fully saturated rings. The highest BCUT2D eigenvalue weighted by Gasteiger charge is 2.32. The lowest BCUT2D eigenvalue weighted by Gasteiger charge is -2.24. The van der Waals surface area contributed by atoms with Gasteiger partial charge in [-0.1, -0.05) is 37.6 Å². The maximum atomic E-state index is 12.2. The molecule has 1 aromatic rings. The Labute approximate surface area is 133 Å². The van der Waals surface area contributed by atoms with E-state index in [4.69, 9.17) is 0 Å². The minimum Gasteiger partial charge on any atom is -0.343 e. The van der Waals surface area contributed by atoms with Crippen molar-refractivity contribution in [3.63, 3.8) is 0 Å². The van der Waals surface area contributed by atoms with Gasteiger partial charge in [-0.15, -0.1) is 0 Å². The summed E-state index contributed by atoms with van der Waals surface area (Å²) >= 11 is 0. The fraction of sp³-hybridized carbons (Fsp3) is 0.579. The highest BCUT2D eigenvalue weighted by atomic mass is 16.2. The lowest BCUT2D eigenvalue weighted by Crippen LogP contribution is -2.36. The molecule has 22 heavy (non-hydrogen) atoms. The molecule has 0 bridgehead atoms. The van der Waals surface area contributed by atoms with Crippen LogP contribution in [0.5, 0.6) is 0 Å². The second-order valence-corrected chi connectivity index (χ2v) is 6.45. The van der Waals surface area contributed by atoms with Crippen molar-refractivity contribution >= 4 is 11.7 Å². The van der Waals surface area contributed by atoms with Gasteiger partial charge in [0.05, 0.1) is 0 Å². The molecule has 1 unspecified atom stereocenters. The van der Waals surface area contributed by atoms with E-state index in [9.17, 15) is 9.59 Å². The van der Waals surface area contributed by atoms with Crippen LogP contribution in [0.1, 0.15) is 61.9 Å². The van der Waals surface area contributed by atoms with Gasteiger partial charge in [0.15, 0.2) is 5.78 Å². The van der Waals surface area contributed by atoms with E-state index in [0.29, 0.717) is 30.4 Å². The molecule has 3 nitrogen and oxygen atoms in total. The van der Waals surface area contributed by atoms with Gasteiger partial charge in [-0.25, -0.2) is 0 Å². The Morgan fingerprint density at radius 2 is 1.82 bits per heavy atom. The Kier molecular flexibility index (Phi) is 5.76. The minimum atomic E-state index is 0.0591. The topological polar surface area (TPSA) is 37.4 Å². The predicted octanol–water partition coefficient (Wildman–Crippen LogP) is 3.86. The lowest BCUT2D eigenvalue weighted by atomic mass is 10.0. The highest BCUT2D eigenvalue weighted by molar-refractivity contribution is 5.98. The molecular formula is C19H27NO2. The van der Waals surface area contributed by atoms with Gasteiger partial charge in [-0.2, -0.15) is 0 Å². The number of nitrogens with zero attached hydrogens (tertiary/aromatic N) is 1. The molecule has 1 atom stereocenters. The molecular weight excluding hydrogens is 274 g/mol. The number of hydrogen-bond donors (Lipinski definition) is 0. The third kappa shape index (κ3) is 4.43. The molecule has 3 heteroatoms. The SMILES string of the molecule is CCCc1ccc(C(=O)CCC(=O)N(C)C(C)C2CC2)cc1. The van der Waals surface area contributed by atoms with Crippen molar-refractivity contribution in [1.29, 1.82) is 0 Å². The summed E-state index contributed by atoms with van der Waals surface area (Å²) in [6, 6.07) is 8.10. The molecule has 1 aliphatic carbocycles. The normalized spacial score (nSPS) is 15.4. The zero-order chi connectivity index (χ0) is 16.1. The van der Waals surface area contributed by atoms with Crippen LogP contribution >= 0.6 is 0 Å². The van der Waals surface area contributed by atoms with Gasteiger partial charge >= 0.3 is 0 Å². The van der Waals surface area contributed by atoms with Crippen molar-refractivity contribution in [3.8, 4) is 0 Å². The van der Waals surface area contributed by atoms with Crippen LogP contribution in [0.2, 0.25) is 0 Å². The van der Waals surface area contributed by atoms with Crippen molar-refractivity contribution in [2.24, 2.45) is 5.92 Å². The van der Waals surface area contributed by atoms with Crippen LogP contribution < -0.4 is 0 Å². The van der Waals surface area contributed by atoms with Crippen molar-refractivity contribution in [3.05, 3.63) is 35.4 Å². The molecule has 0 aliphatic heterocycles. The Hall–Kier alpha value is -1.64. The summed E-state index contributed by atoms with van der Waals surface area (Å²) in [4.78, 5) is 26.2. The van der Waals surface area contributed by atoms with Crippen LogP contribution in [0, 0.1) is 5.92 Å². The van der Waals surface area contributed by atoms with Gasteiger partial charge in [0, 0.05) is 31.5 Å². The summed E-state index contributed by atoms with van der Waals surface area (Å²) in [5, 5.41) is 0. The first-order valence-electron chi connectivity index (χ1n) is 8.40. The van der Waals surface area contributed by atoms with E-state index in [0.717, 1.165) is 12.8 Å². The Morgan fingerprint density at radius 3 is 2.36 bits per heavy atom. The largest absolute Gasteiger partial charge is 0.343 e. The van der Waals surface area contributed by atoms with Crippen molar-refractivity contribution in [2.45, 2.75) is 58.4 Å². The number of amides is 1. The summed E-state index contributed by atoms with van der Waals surface area (Å²) < 4.78 is 0. The number of benzene rings is 1. The fourth-order valence-corrected chi connectivity index (χ4v) is 2.81. The minimum absolute atomic E-state index is 0.0591. The number of hydrogen-bond acceptors (Lipinski definition) is 2. The van der Waals surface area contributed by atoms with Crippen molar-refractivity contribution in [1.82, 2.24) is 4.90 Å². The number of carbonyl (C=O) groups excluding carboxylic acids is 2. The molecule has 1 aliphatic rings. The van der Waals surface area contributed by atoms with Gasteiger partial charge < -0.3 is 4.90 Å². The first-order chi connectivity index (χ1) is 10.5. The van der Waals surface area contributed by atoms with Gasteiger partial charge in [-0.05, 0) is 37.7 Å². The molecule has 0 N–H and O–H groups in total. The summed E-state index contributed by atoms with van der Waals surface area (Å²) in [5.74, 6) is 0.801. The smallest absolute Gasteiger partial charge is 0.223 e. The van der Waals surface area contributed by atoms with E-state index >= 15 is 0 Å². The average Bonchev–Trinajstić information content (AvgIpc) is 3.36. The average molecular weight is 301 g/mol. The number of Topliss-reactive ketones (excluding diaryl/α,β-unsaturated/α-hetero) is 1. The van der Waals surface area contributed by atoms with Crippen LogP contribution in [-0.4, -0.2) is 29.7 Å². The summed E-state index contributed by atoms with van der Waals surface area (Å²) in [6.07, 6.45) is 5.20. The van der Waals surface area contributed by atoms with Crippen LogP contribution in [0.4, 0.5) is 0 Å². The van der Waals surface area contributed by atoms with Crippen molar-refractivity contribution < 1.29 is 9.59 Å². The fourth-order valence-electron chi connectivity index (χ4n) is 2.81. The molecule has 1 aromatic carbocycles. The van der Waals surface area contributed by atoms with Gasteiger partial charge in [0.1, 0.15) is 0 Å². The molecule has 1 saturated carbocycles. The molecule has 2 rings (SSSR count). The molecule has 0 spiro atoms. The molecule has 120 valence electrons. The van der Waals surface area contributed by atoms with E-state index in [2.05, 4.69) is 13.8 Å². The van der Waals surface area contributed by atoms with Crippen LogP contribution in [0.3, 0.4) is 0 Å². The van der Waals surface area contributed by atoms with Crippen LogP contribution in [-0.2, 0) is 11.2 Å². The van der Waals surface area contributed by atoms with E-state index in [1.165, 1.54) is 18.4 Å². The Balaban J connectivity index is 1.82. The molecule has 1 amide bonds. The number of aryl methyl sites for hydroxylation is 1. The third-order valence-corrected chi connectivity index (χ3v) is 4.69. The maximum absolute atomic E-state index is 12.2. The maximum Gasteiger partial charge on any atom is 0.223 e. The highest BCUT2D eigenvalue weighted by Crippen LogP contribution is 2.34. The summed E-state index contributed by atoms with van der Waals surface area (Å²) in [7, 11) is 1.86. The zero-order valence-corrected chi connectivity index (χ0v) is 14.0. The Bertz CT molecular complexity index is 517. The van der Waals surface area contributed by atoms with Gasteiger partial charge in [0.25, 0.3) is 0 Å². The van der Waals surface area contributed by atoms with E-state index in [1.807, 2.05) is 36.2 Å².